The highest BCUT2D eigenvalue weighted by Gasteiger charge is 2.29. The van der Waals surface area contributed by atoms with Gasteiger partial charge in [0, 0.05) is 50.3 Å². The number of benzene rings is 1. The molecule has 1 saturated heterocycles. The highest BCUT2D eigenvalue weighted by molar-refractivity contribution is 6.05. The lowest BCUT2D eigenvalue weighted by atomic mass is 9.94. The summed E-state index contributed by atoms with van der Waals surface area (Å²) in [6.07, 6.45) is 5.96. The van der Waals surface area contributed by atoms with Crippen molar-refractivity contribution in [2.75, 3.05) is 38.5 Å². The van der Waals surface area contributed by atoms with Crippen LogP contribution in [0, 0.1) is 11.6 Å². The van der Waals surface area contributed by atoms with Crippen LogP contribution in [-0.4, -0.2) is 58.8 Å². The standard InChI is InChI=1S/C27H26F2N6/c1-16-6-8-31-26-19-15-21(29)25(32-26)22-17(4-3-5-20(22)28)14-18-7-9-30-23(16)24(18)33-27(19)35-12-10-34(2)11-13-35/h3-9,15-16H,10-14H2,1-2H3,(H,31,32)/b8-6-,33-27?. The van der Waals surface area contributed by atoms with E-state index in [0.29, 0.717) is 29.2 Å². The number of anilines is 1. The molecular weight excluding hydrogens is 446 g/mol. The number of likely N-dealkylation sites (N-methyl/N-ethyl adjacent to an activating group) is 1. The zero-order valence-electron chi connectivity index (χ0n) is 19.7. The Bertz CT molecular complexity index is 1370. The number of aromatic nitrogens is 2. The Hall–Kier alpha value is -3.65. The van der Waals surface area contributed by atoms with Gasteiger partial charge in [-0.3, -0.25) is 4.98 Å². The average molecular weight is 473 g/mol. The molecule has 178 valence electrons. The summed E-state index contributed by atoms with van der Waals surface area (Å²) in [7, 11) is 2.09. The van der Waals surface area contributed by atoms with Crippen LogP contribution in [0.4, 0.5) is 20.3 Å². The zero-order valence-corrected chi connectivity index (χ0v) is 19.7. The van der Waals surface area contributed by atoms with Crippen LogP contribution in [0.2, 0.25) is 0 Å². The summed E-state index contributed by atoms with van der Waals surface area (Å²) in [6, 6.07) is 8.21. The van der Waals surface area contributed by atoms with E-state index in [1.54, 1.807) is 12.3 Å². The first-order chi connectivity index (χ1) is 17.0. The predicted molar refractivity (Wildman–Crippen MR) is 133 cm³/mol. The van der Waals surface area contributed by atoms with Gasteiger partial charge < -0.3 is 15.1 Å². The van der Waals surface area contributed by atoms with Crippen molar-refractivity contribution in [3.05, 3.63) is 82.8 Å². The molecule has 4 aliphatic heterocycles. The molecule has 0 aliphatic carbocycles. The molecule has 3 aromatic rings. The Kier molecular flexibility index (Phi) is 5.33. The van der Waals surface area contributed by atoms with E-state index in [1.165, 1.54) is 12.1 Å². The smallest absolute Gasteiger partial charge is 0.150 e. The normalized spacial score (nSPS) is 20.2. The molecule has 1 atom stereocenters. The third kappa shape index (κ3) is 3.78. The van der Waals surface area contributed by atoms with Gasteiger partial charge in [0.15, 0.2) is 0 Å². The molecule has 4 bridgehead atoms. The number of piperazine rings is 1. The predicted octanol–water partition coefficient (Wildman–Crippen LogP) is 4.69. The molecule has 0 radical (unpaired) electrons. The van der Waals surface area contributed by atoms with Crippen molar-refractivity contribution in [1.29, 1.82) is 0 Å². The number of hydrogen-bond donors (Lipinski definition) is 1. The largest absolute Gasteiger partial charge is 0.353 e. The minimum absolute atomic E-state index is 0.000465. The summed E-state index contributed by atoms with van der Waals surface area (Å²) in [5.41, 5.74) is 3.90. The molecule has 35 heavy (non-hydrogen) atoms. The van der Waals surface area contributed by atoms with E-state index < -0.39 is 11.6 Å². The maximum Gasteiger partial charge on any atom is 0.150 e. The number of fused-ring (bicyclic) bond motifs is 1. The molecule has 1 fully saturated rings. The fourth-order valence-electron chi connectivity index (χ4n) is 5.04. The lowest BCUT2D eigenvalue weighted by molar-refractivity contribution is 0.216. The Labute approximate surface area is 203 Å². The van der Waals surface area contributed by atoms with Crippen molar-refractivity contribution in [1.82, 2.24) is 19.8 Å². The van der Waals surface area contributed by atoms with Gasteiger partial charge in [-0.25, -0.2) is 18.8 Å². The van der Waals surface area contributed by atoms with Crippen LogP contribution >= 0.6 is 0 Å². The molecule has 2 aromatic heterocycles. The van der Waals surface area contributed by atoms with Gasteiger partial charge in [0.1, 0.15) is 29.0 Å². The van der Waals surface area contributed by atoms with Gasteiger partial charge in [-0.2, -0.15) is 0 Å². The SMILES string of the molecule is CC1/C=C\Nc2nc3c(F)cc2C(N2CCN(C)CC2)=Nc2c(ccnc21)Cc1cccc(F)c1-3. The molecule has 8 heteroatoms. The number of allylic oxidation sites excluding steroid dienone is 1. The number of pyridine rings is 2. The topological polar surface area (TPSA) is 56.7 Å². The Morgan fingerprint density at radius 1 is 1.03 bits per heavy atom. The van der Waals surface area contributed by atoms with Crippen molar-refractivity contribution in [2.45, 2.75) is 19.3 Å². The Morgan fingerprint density at radius 2 is 1.86 bits per heavy atom. The van der Waals surface area contributed by atoms with Crippen molar-refractivity contribution < 1.29 is 8.78 Å². The quantitative estimate of drug-likeness (QED) is 0.514. The lowest BCUT2D eigenvalue weighted by Gasteiger charge is -2.35. The highest BCUT2D eigenvalue weighted by Crippen LogP contribution is 2.38. The van der Waals surface area contributed by atoms with E-state index in [0.717, 1.165) is 43.1 Å². The summed E-state index contributed by atoms with van der Waals surface area (Å²) in [5.74, 6) is 0.0127. The molecule has 0 amide bonds. The van der Waals surface area contributed by atoms with Crippen LogP contribution in [-0.2, 0) is 6.42 Å². The second-order valence-corrected chi connectivity index (χ2v) is 9.39. The number of nitrogens with zero attached hydrogens (tertiary/aromatic N) is 5. The molecule has 0 saturated carbocycles. The van der Waals surface area contributed by atoms with Crippen molar-refractivity contribution in [3.8, 4) is 11.3 Å². The summed E-state index contributed by atoms with van der Waals surface area (Å²) in [5, 5.41) is 3.24. The number of nitrogens with one attached hydrogen (secondary N) is 1. The molecular formula is C27H26F2N6. The molecule has 1 N–H and O–H groups in total. The van der Waals surface area contributed by atoms with E-state index in [2.05, 4.69) is 34.1 Å². The monoisotopic (exact) mass is 472 g/mol. The third-order valence-corrected chi connectivity index (χ3v) is 7.03. The summed E-state index contributed by atoms with van der Waals surface area (Å²) in [6.45, 7) is 5.32. The van der Waals surface area contributed by atoms with Crippen molar-refractivity contribution in [3.63, 3.8) is 0 Å². The van der Waals surface area contributed by atoms with Crippen LogP contribution in [0.3, 0.4) is 0 Å². The fraction of sp³-hybridized carbons (Fsp3) is 0.296. The van der Waals surface area contributed by atoms with Crippen LogP contribution in [0.1, 0.15) is 35.2 Å². The van der Waals surface area contributed by atoms with E-state index in [-0.39, 0.29) is 17.2 Å². The summed E-state index contributed by atoms with van der Waals surface area (Å²) < 4.78 is 30.9. The maximum absolute atomic E-state index is 15.7. The second-order valence-electron chi connectivity index (χ2n) is 9.39. The fourth-order valence-corrected chi connectivity index (χ4v) is 5.04. The lowest BCUT2D eigenvalue weighted by Crippen LogP contribution is -2.47. The first-order valence-electron chi connectivity index (χ1n) is 11.9. The van der Waals surface area contributed by atoms with E-state index in [9.17, 15) is 0 Å². The van der Waals surface area contributed by atoms with Crippen LogP contribution in [0.5, 0.6) is 0 Å². The van der Waals surface area contributed by atoms with Crippen molar-refractivity contribution in [2.24, 2.45) is 4.99 Å². The van der Waals surface area contributed by atoms with Gasteiger partial charge in [0.2, 0.25) is 0 Å². The van der Waals surface area contributed by atoms with Crippen LogP contribution in [0.15, 0.2) is 53.8 Å². The van der Waals surface area contributed by atoms with E-state index in [4.69, 9.17) is 9.98 Å². The van der Waals surface area contributed by atoms with Gasteiger partial charge in [-0.15, -0.1) is 0 Å². The molecule has 0 spiro atoms. The minimum atomic E-state index is -0.572. The first kappa shape index (κ1) is 21.9. The second kappa shape index (κ2) is 8.53. The number of rotatable bonds is 0. The third-order valence-electron chi connectivity index (χ3n) is 7.03. The average Bonchev–Trinajstić information content (AvgIpc) is 2.87. The molecule has 6 heterocycles. The molecule has 7 rings (SSSR count). The Balaban J connectivity index is 1.71. The summed E-state index contributed by atoms with van der Waals surface area (Å²) >= 11 is 0. The van der Waals surface area contributed by atoms with E-state index in [1.807, 2.05) is 24.4 Å². The Morgan fingerprint density at radius 3 is 2.69 bits per heavy atom. The van der Waals surface area contributed by atoms with Gasteiger partial charge in [0.25, 0.3) is 0 Å². The number of hydrogen-bond acceptors (Lipinski definition) is 6. The van der Waals surface area contributed by atoms with Crippen molar-refractivity contribution >= 4 is 17.3 Å². The molecule has 1 unspecified atom stereocenters. The van der Waals surface area contributed by atoms with E-state index >= 15 is 8.78 Å². The number of halogens is 2. The minimum Gasteiger partial charge on any atom is -0.353 e. The van der Waals surface area contributed by atoms with Gasteiger partial charge in [-0.05, 0) is 42.6 Å². The van der Waals surface area contributed by atoms with Crippen LogP contribution < -0.4 is 5.32 Å². The van der Waals surface area contributed by atoms with Gasteiger partial charge in [0.05, 0.1) is 16.9 Å². The number of aliphatic imine (C=N–C) groups is 1. The molecule has 4 aliphatic rings. The van der Waals surface area contributed by atoms with Gasteiger partial charge in [-0.1, -0.05) is 25.1 Å². The maximum atomic E-state index is 15.7. The molecule has 1 aromatic carbocycles. The number of amidine groups is 1. The van der Waals surface area contributed by atoms with Gasteiger partial charge >= 0.3 is 0 Å². The summed E-state index contributed by atoms with van der Waals surface area (Å²) in [4.78, 5) is 19.0. The van der Waals surface area contributed by atoms with Crippen LogP contribution in [0.25, 0.3) is 11.3 Å². The molecule has 6 nitrogen and oxygen atoms in total. The first-order valence-corrected chi connectivity index (χ1v) is 11.9. The highest BCUT2D eigenvalue weighted by atomic mass is 19.1. The zero-order chi connectivity index (χ0) is 24.1.